The van der Waals surface area contributed by atoms with Crippen LogP contribution < -0.4 is 5.73 Å². The van der Waals surface area contributed by atoms with Crippen molar-refractivity contribution in [1.82, 2.24) is 9.80 Å². The summed E-state index contributed by atoms with van der Waals surface area (Å²) in [6, 6.07) is 0.0927. The predicted octanol–water partition coefficient (Wildman–Crippen LogP) is 1.30. The third kappa shape index (κ3) is 3.69. The molecular formula is C14H29N3O. The summed E-state index contributed by atoms with van der Waals surface area (Å²) >= 11 is 0. The van der Waals surface area contributed by atoms with Gasteiger partial charge in [0.15, 0.2) is 0 Å². The molecule has 1 saturated heterocycles. The van der Waals surface area contributed by atoms with Gasteiger partial charge in [-0.3, -0.25) is 9.69 Å². The lowest BCUT2D eigenvalue weighted by molar-refractivity contribution is -0.134. The summed E-state index contributed by atoms with van der Waals surface area (Å²) in [5, 5.41) is 0. The molecule has 1 aliphatic rings. The number of carbonyl (C=O) groups is 1. The first kappa shape index (κ1) is 15.4. The van der Waals surface area contributed by atoms with Gasteiger partial charge in [-0.1, -0.05) is 27.7 Å². The van der Waals surface area contributed by atoms with Gasteiger partial charge in [0, 0.05) is 19.6 Å². The molecule has 0 spiro atoms. The Bertz CT molecular complexity index is 285. The highest BCUT2D eigenvalue weighted by Crippen LogP contribution is 2.21. The molecule has 1 heterocycles. The number of hydrogen-bond donors (Lipinski definition) is 1. The normalized spacial score (nSPS) is 23.1. The van der Waals surface area contributed by atoms with Crippen LogP contribution in [-0.2, 0) is 4.79 Å². The van der Waals surface area contributed by atoms with Gasteiger partial charge in [0.1, 0.15) is 0 Å². The van der Waals surface area contributed by atoms with E-state index in [1.54, 1.807) is 0 Å². The lowest BCUT2D eigenvalue weighted by atomic mass is 9.86. The Hall–Kier alpha value is -0.610. The molecule has 4 nitrogen and oxygen atoms in total. The third-order valence-corrected chi connectivity index (χ3v) is 3.97. The van der Waals surface area contributed by atoms with E-state index in [4.69, 9.17) is 5.73 Å². The largest absolute Gasteiger partial charge is 0.343 e. The van der Waals surface area contributed by atoms with Crippen molar-refractivity contribution in [3.8, 4) is 0 Å². The van der Waals surface area contributed by atoms with E-state index in [0.29, 0.717) is 6.04 Å². The Morgan fingerprint density at radius 3 is 2.61 bits per heavy atom. The first-order valence-corrected chi connectivity index (χ1v) is 7.02. The Morgan fingerprint density at radius 2 is 2.11 bits per heavy atom. The van der Waals surface area contributed by atoms with Gasteiger partial charge in [-0.05, 0) is 31.3 Å². The maximum atomic E-state index is 12.3. The molecule has 4 heteroatoms. The van der Waals surface area contributed by atoms with E-state index in [0.717, 1.165) is 19.6 Å². The third-order valence-electron chi connectivity index (χ3n) is 3.97. The van der Waals surface area contributed by atoms with E-state index < -0.39 is 6.04 Å². The zero-order valence-electron chi connectivity index (χ0n) is 12.6. The van der Waals surface area contributed by atoms with Gasteiger partial charge in [-0.25, -0.2) is 0 Å². The summed E-state index contributed by atoms with van der Waals surface area (Å²) < 4.78 is 0. The maximum absolute atomic E-state index is 12.3. The molecule has 0 aromatic carbocycles. The molecule has 1 rings (SSSR count). The lowest BCUT2D eigenvalue weighted by Crippen LogP contribution is -2.51. The summed E-state index contributed by atoms with van der Waals surface area (Å²) in [7, 11) is 1.88. The number of rotatable bonds is 4. The summed E-state index contributed by atoms with van der Waals surface area (Å²) in [5.74, 6) is 0.0606. The maximum Gasteiger partial charge on any atom is 0.239 e. The smallest absolute Gasteiger partial charge is 0.239 e. The van der Waals surface area contributed by atoms with Crippen LogP contribution in [0.15, 0.2) is 0 Å². The average Bonchev–Trinajstić information content (AvgIpc) is 2.72. The SMILES string of the molecule is CCN1CCCC1CN(C)C(=O)[C@@H](N)C(C)(C)C. The van der Waals surface area contributed by atoms with Crippen molar-refractivity contribution in [2.24, 2.45) is 11.1 Å². The minimum Gasteiger partial charge on any atom is -0.343 e. The molecule has 106 valence electrons. The molecule has 1 aliphatic heterocycles. The number of likely N-dealkylation sites (tertiary alicyclic amines) is 1. The van der Waals surface area contributed by atoms with Crippen LogP contribution in [0.1, 0.15) is 40.5 Å². The molecule has 0 aromatic rings. The molecule has 2 atom stereocenters. The van der Waals surface area contributed by atoms with Crippen molar-refractivity contribution >= 4 is 5.91 Å². The van der Waals surface area contributed by atoms with E-state index in [-0.39, 0.29) is 11.3 Å². The molecule has 0 aromatic heterocycles. The fourth-order valence-electron chi connectivity index (χ4n) is 2.53. The Kier molecular flexibility index (Phi) is 5.17. The van der Waals surface area contributed by atoms with Crippen LogP contribution in [0.4, 0.5) is 0 Å². The number of hydrogen-bond acceptors (Lipinski definition) is 3. The molecule has 1 fully saturated rings. The molecule has 1 unspecified atom stereocenters. The Morgan fingerprint density at radius 1 is 1.50 bits per heavy atom. The highest BCUT2D eigenvalue weighted by atomic mass is 16.2. The number of likely N-dealkylation sites (N-methyl/N-ethyl adjacent to an activating group) is 2. The van der Waals surface area contributed by atoms with E-state index in [1.165, 1.54) is 12.8 Å². The van der Waals surface area contributed by atoms with Crippen LogP contribution in [0.2, 0.25) is 0 Å². The molecule has 18 heavy (non-hydrogen) atoms. The molecule has 0 aliphatic carbocycles. The minimum absolute atomic E-state index is 0.0606. The van der Waals surface area contributed by atoms with Gasteiger partial charge in [-0.15, -0.1) is 0 Å². The van der Waals surface area contributed by atoms with Gasteiger partial charge >= 0.3 is 0 Å². The van der Waals surface area contributed by atoms with Gasteiger partial charge in [0.25, 0.3) is 0 Å². The predicted molar refractivity (Wildman–Crippen MR) is 75.3 cm³/mol. The Labute approximate surface area is 111 Å². The topological polar surface area (TPSA) is 49.6 Å². The van der Waals surface area contributed by atoms with Crippen molar-refractivity contribution in [2.75, 3.05) is 26.7 Å². The van der Waals surface area contributed by atoms with Crippen LogP contribution in [-0.4, -0.2) is 54.5 Å². The van der Waals surface area contributed by atoms with Crippen LogP contribution >= 0.6 is 0 Å². The zero-order chi connectivity index (χ0) is 13.9. The highest BCUT2D eigenvalue weighted by Gasteiger charge is 2.32. The van der Waals surface area contributed by atoms with Crippen molar-refractivity contribution < 1.29 is 4.79 Å². The average molecular weight is 255 g/mol. The van der Waals surface area contributed by atoms with Gasteiger partial charge in [0.2, 0.25) is 5.91 Å². The van der Waals surface area contributed by atoms with E-state index >= 15 is 0 Å². The van der Waals surface area contributed by atoms with Crippen molar-refractivity contribution in [3.63, 3.8) is 0 Å². The summed E-state index contributed by atoms with van der Waals surface area (Å²) in [5.41, 5.74) is 5.86. The van der Waals surface area contributed by atoms with E-state index in [9.17, 15) is 4.79 Å². The lowest BCUT2D eigenvalue weighted by Gasteiger charge is -2.33. The van der Waals surface area contributed by atoms with Crippen molar-refractivity contribution in [1.29, 1.82) is 0 Å². The summed E-state index contributed by atoms with van der Waals surface area (Å²) in [6.45, 7) is 11.2. The van der Waals surface area contributed by atoms with Gasteiger partial charge < -0.3 is 10.6 Å². The second kappa shape index (κ2) is 6.02. The fourth-order valence-corrected chi connectivity index (χ4v) is 2.53. The van der Waals surface area contributed by atoms with Crippen molar-refractivity contribution in [2.45, 2.75) is 52.6 Å². The zero-order valence-corrected chi connectivity index (χ0v) is 12.6. The standard InChI is InChI=1S/C14H29N3O/c1-6-17-9-7-8-11(17)10-16(5)13(18)12(15)14(2,3)4/h11-12H,6-10,15H2,1-5H3/t11?,12-/m1/s1. The first-order valence-electron chi connectivity index (χ1n) is 7.02. The van der Waals surface area contributed by atoms with Crippen LogP contribution in [0.5, 0.6) is 0 Å². The molecule has 0 radical (unpaired) electrons. The number of nitrogens with zero attached hydrogens (tertiary/aromatic N) is 2. The van der Waals surface area contributed by atoms with Crippen LogP contribution in [0.3, 0.4) is 0 Å². The summed E-state index contributed by atoms with van der Waals surface area (Å²) in [6.07, 6.45) is 2.43. The molecule has 0 bridgehead atoms. The fraction of sp³-hybridized carbons (Fsp3) is 0.929. The molecule has 1 amide bonds. The molecule has 0 saturated carbocycles. The number of carbonyl (C=O) groups excluding carboxylic acids is 1. The quantitative estimate of drug-likeness (QED) is 0.824. The van der Waals surface area contributed by atoms with Crippen molar-refractivity contribution in [3.05, 3.63) is 0 Å². The van der Waals surface area contributed by atoms with E-state index in [1.807, 2.05) is 32.7 Å². The number of amides is 1. The Balaban J connectivity index is 2.54. The number of nitrogens with two attached hydrogens (primary N) is 1. The summed E-state index contributed by atoms with van der Waals surface area (Å²) in [4.78, 5) is 16.5. The van der Waals surface area contributed by atoms with E-state index in [2.05, 4.69) is 11.8 Å². The van der Waals surface area contributed by atoms with Gasteiger partial charge in [-0.2, -0.15) is 0 Å². The van der Waals surface area contributed by atoms with Crippen LogP contribution in [0, 0.1) is 5.41 Å². The highest BCUT2D eigenvalue weighted by molar-refractivity contribution is 5.82. The first-order chi connectivity index (χ1) is 8.27. The molecule has 2 N–H and O–H groups in total. The monoisotopic (exact) mass is 255 g/mol. The molecular weight excluding hydrogens is 226 g/mol. The van der Waals surface area contributed by atoms with Gasteiger partial charge in [0.05, 0.1) is 6.04 Å². The minimum atomic E-state index is -0.418. The van der Waals surface area contributed by atoms with Crippen LogP contribution in [0.25, 0.3) is 0 Å². The second-order valence-electron chi connectivity index (χ2n) is 6.49. The second-order valence-corrected chi connectivity index (χ2v) is 6.49.